The van der Waals surface area contributed by atoms with E-state index in [0.29, 0.717) is 105 Å². The third-order valence-corrected chi connectivity index (χ3v) is 21.1. The summed E-state index contributed by atoms with van der Waals surface area (Å²) >= 11 is 0. The first-order valence-corrected chi connectivity index (χ1v) is 41.0. The van der Waals surface area contributed by atoms with Crippen LogP contribution in [0.5, 0.6) is 69.0 Å². The molecule has 0 heterocycles. The van der Waals surface area contributed by atoms with Gasteiger partial charge in [-0.25, -0.2) is 0 Å². The Kier molecular flexibility index (Phi) is 44.3. The normalized spacial score (nSPS) is 10.0. The molecular weight excluding hydrogens is 1710 g/mol. The predicted molar refractivity (Wildman–Crippen MR) is 515 cm³/mol. The molecule has 18 rings (SSSR count). The van der Waals surface area contributed by atoms with Gasteiger partial charge in [0.2, 0.25) is 0 Å². The first-order valence-electron chi connectivity index (χ1n) is 41.0. The summed E-state index contributed by atoms with van der Waals surface area (Å²) in [7, 11) is 0. The first-order chi connectivity index (χ1) is 61.4. The molecule has 0 aliphatic rings. The molecule has 0 fully saturated rings. The van der Waals surface area contributed by atoms with E-state index in [0.717, 1.165) is 66.8 Å². The third-order valence-electron chi connectivity index (χ3n) is 21.1. The molecule has 0 amide bonds. The Labute approximate surface area is 871 Å². The Morgan fingerprint density at radius 3 is 0.348 bits per heavy atom. The van der Waals surface area contributed by atoms with Gasteiger partial charge >= 0.3 is 142 Å². The smallest absolute Gasteiger partial charge is 0.872 e. The molecule has 0 atom stereocenters. The summed E-state index contributed by atoms with van der Waals surface area (Å²) < 4.78 is 0. The molecule has 0 spiro atoms. The molecule has 0 radical (unpaired) electrons. The largest absolute Gasteiger partial charge is 2.00 e. The van der Waals surface area contributed by atoms with E-state index in [4.69, 9.17) is 0 Å². The predicted octanol–water partition coefficient (Wildman–Crippen LogP) is 16.3. The monoisotopic (exact) mass is 1790 g/mol. The van der Waals surface area contributed by atoms with E-state index >= 15 is 0 Å². The summed E-state index contributed by atoms with van der Waals surface area (Å²) in [6.07, 6.45) is 2.25. The third kappa shape index (κ3) is 31.0. The van der Waals surface area contributed by atoms with Gasteiger partial charge in [0.1, 0.15) is 0 Å². The number of hydrogen-bond acceptors (Lipinski definition) is 12. The molecule has 0 N–H and O–H groups in total. The van der Waals surface area contributed by atoms with Crippen molar-refractivity contribution in [3.63, 3.8) is 0 Å². The molecule has 0 saturated carbocycles. The zero-order valence-electron chi connectivity index (χ0n) is 73.0. The molecule has 18 heteroatoms. The molecule has 18 aromatic carbocycles. The second-order valence-electron chi connectivity index (χ2n) is 29.8. The van der Waals surface area contributed by atoms with Crippen LogP contribution in [-0.2, 0) is 38.5 Å². The van der Waals surface area contributed by atoms with Gasteiger partial charge < -0.3 is 61.3 Å². The Balaban J connectivity index is 0.000000219. The first kappa shape index (κ1) is 107. The summed E-state index contributed by atoms with van der Waals surface area (Å²) in [6.45, 7) is 0. The van der Waals surface area contributed by atoms with Crippen LogP contribution in [0.25, 0.3) is 66.8 Å². The van der Waals surface area contributed by atoms with Crippen LogP contribution < -0.4 is 61.3 Å². The van der Waals surface area contributed by atoms with Crippen LogP contribution in [0, 0.1) is 0 Å². The molecule has 0 saturated heterocycles. The van der Waals surface area contributed by atoms with Crippen LogP contribution in [0.1, 0.15) is 66.8 Å². The van der Waals surface area contributed by atoms with Gasteiger partial charge in [-0.05, 0) is 105 Å². The molecule has 0 aliphatic heterocycles. The van der Waals surface area contributed by atoms with Crippen LogP contribution in [0.4, 0.5) is 0 Å². The van der Waals surface area contributed by atoms with Gasteiger partial charge in [0.15, 0.2) is 0 Å². The molecular formula is C114H84Be2Ca2Mg2O12. The van der Waals surface area contributed by atoms with E-state index in [-0.39, 0.29) is 211 Å². The van der Waals surface area contributed by atoms with Crippen LogP contribution in [0.3, 0.4) is 0 Å². The van der Waals surface area contributed by atoms with Gasteiger partial charge in [-0.2, -0.15) is 0 Å². The Morgan fingerprint density at radius 2 is 0.220 bits per heavy atom. The fourth-order valence-electron chi connectivity index (χ4n) is 14.3. The zero-order valence-corrected chi connectivity index (χ0v) is 80.2. The number of hydrogen-bond donors (Lipinski definition) is 0. The zero-order chi connectivity index (χ0) is 87.9. The van der Waals surface area contributed by atoms with E-state index in [1.807, 2.05) is 291 Å². The van der Waals surface area contributed by atoms with E-state index in [1.165, 1.54) is 36.4 Å². The standard InChI is InChI=1S/3C25H20O2.3C13H12O2.2Be.2Ca.2Mg/c3*26-24-13-11-20(18-7-3-1-4-8-18)15-22(24)17-23-16-21(12-14-25(23)27)19-9-5-2-6-10-19;3*14-12-7-3-1-5-10(12)9-11-6-2-4-8-13(11)15;;;;;;/h3*1-16,26-27H,17H2;3*1-8,14-15H,9H2;;;;;;/q;;;;;;6*+2/p-12. The van der Waals surface area contributed by atoms with E-state index in [9.17, 15) is 61.3 Å². The van der Waals surface area contributed by atoms with E-state index < -0.39 is 0 Å². The summed E-state index contributed by atoms with van der Waals surface area (Å²) in [5, 5.41) is 143. The van der Waals surface area contributed by atoms with Gasteiger partial charge in [-0.1, -0.05) is 504 Å². The van der Waals surface area contributed by atoms with Crippen molar-refractivity contribution in [1.29, 1.82) is 0 Å². The summed E-state index contributed by atoms with van der Waals surface area (Å²) in [5.41, 5.74) is 20.1. The fraction of sp³-hybridized carbons (Fsp3) is 0.0526. The van der Waals surface area contributed by atoms with Crippen molar-refractivity contribution in [2.75, 3.05) is 0 Å². The van der Waals surface area contributed by atoms with Crippen LogP contribution in [0.15, 0.2) is 437 Å². The number of para-hydroxylation sites is 6. The van der Waals surface area contributed by atoms with Crippen molar-refractivity contribution in [2.45, 2.75) is 38.5 Å². The van der Waals surface area contributed by atoms with Gasteiger partial charge in [0.05, 0.1) is 0 Å². The van der Waals surface area contributed by atoms with Crippen molar-refractivity contribution in [1.82, 2.24) is 0 Å². The maximum atomic E-state index is 12.4. The fourth-order valence-corrected chi connectivity index (χ4v) is 14.3. The molecule has 12 nitrogen and oxygen atoms in total. The quantitative estimate of drug-likeness (QED) is 0.0725. The van der Waals surface area contributed by atoms with E-state index in [1.54, 1.807) is 109 Å². The van der Waals surface area contributed by atoms with Crippen molar-refractivity contribution in [2.24, 2.45) is 0 Å². The van der Waals surface area contributed by atoms with Crippen molar-refractivity contribution in [3.8, 4) is 136 Å². The second-order valence-corrected chi connectivity index (χ2v) is 29.8. The molecule has 624 valence electrons. The summed E-state index contributed by atoms with van der Waals surface area (Å²) in [4.78, 5) is 0. The number of rotatable bonds is 18. The van der Waals surface area contributed by atoms with Crippen molar-refractivity contribution >= 4 is 142 Å². The minimum atomic E-state index is -0.0424. The Hall–Kier alpha value is -12.1. The van der Waals surface area contributed by atoms with Crippen LogP contribution in [0.2, 0.25) is 0 Å². The Morgan fingerprint density at radius 1 is 0.114 bits per heavy atom. The van der Waals surface area contributed by atoms with Crippen molar-refractivity contribution in [3.05, 3.63) is 504 Å². The molecule has 132 heavy (non-hydrogen) atoms. The summed E-state index contributed by atoms with van der Waals surface area (Å²) in [5.74, 6) is -0.334. The van der Waals surface area contributed by atoms with E-state index in [2.05, 4.69) is 0 Å². The van der Waals surface area contributed by atoms with Gasteiger partial charge in [0, 0.05) is 0 Å². The summed E-state index contributed by atoms with van der Waals surface area (Å²) in [6, 6.07) is 132. The second kappa shape index (κ2) is 54.7. The maximum Gasteiger partial charge on any atom is 2.00 e. The van der Waals surface area contributed by atoms with Crippen molar-refractivity contribution < 1.29 is 61.3 Å². The minimum absolute atomic E-state index is 0. The van der Waals surface area contributed by atoms with Gasteiger partial charge in [-0.15, -0.1) is 69.0 Å². The van der Waals surface area contributed by atoms with Crippen LogP contribution >= 0.6 is 0 Å². The molecule has 0 aliphatic carbocycles. The average Bonchev–Trinajstić information content (AvgIpc) is 0.817. The maximum absolute atomic E-state index is 12.4. The molecule has 18 aromatic rings. The average molecular weight is 1790 g/mol. The number of benzene rings is 18. The minimum Gasteiger partial charge on any atom is -0.872 e. The molecule has 0 bridgehead atoms. The SMILES string of the molecule is [Be+2].[Be+2].[Ca+2].[Ca+2].[Mg+2].[Mg+2].[O-]c1ccc(-c2ccccc2)cc1Cc1cc(-c2ccccc2)ccc1[O-].[O-]c1ccc(-c2ccccc2)cc1Cc1cc(-c2ccccc2)ccc1[O-].[O-]c1ccc(-c2ccccc2)cc1Cc1cc(-c2ccccc2)ccc1[O-].[O-]c1ccccc1Cc1ccccc1[O-].[O-]c1ccccc1Cc1ccccc1[O-].[O-]c1ccccc1Cc1ccccc1[O-]. The molecule has 0 unspecified atom stereocenters. The van der Waals surface area contributed by atoms with Gasteiger partial charge in [0.25, 0.3) is 0 Å². The molecule has 0 aromatic heterocycles. The van der Waals surface area contributed by atoms with Gasteiger partial charge in [-0.3, -0.25) is 0 Å². The van der Waals surface area contributed by atoms with Crippen LogP contribution in [-0.4, -0.2) is 142 Å². The topological polar surface area (TPSA) is 277 Å². The Bertz CT molecular complexity index is 5570.